The van der Waals surface area contributed by atoms with Crippen LogP contribution in [-0.4, -0.2) is 350 Å². The molecule has 4 fully saturated rings. The van der Waals surface area contributed by atoms with Crippen molar-refractivity contribution in [2.24, 2.45) is 5.41 Å². The van der Waals surface area contributed by atoms with Crippen LogP contribution in [0, 0.1) is 5.41 Å². The van der Waals surface area contributed by atoms with Gasteiger partial charge in [-0.1, -0.05) is 73.0 Å². The molecule has 17 atom stereocenters. The molecule has 0 spiro atoms. The first-order valence-electron chi connectivity index (χ1n) is 47.1. The number of alkyl carbamates (subject to hydrolysis) is 1. The molecule has 131 heavy (non-hydrogen) atoms. The molecule has 4 aliphatic heterocycles. The number of carbonyl (C=O) groups excluding carboxylic acids is 12. The van der Waals surface area contributed by atoms with Crippen molar-refractivity contribution in [1.29, 1.82) is 0 Å². The summed E-state index contributed by atoms with van der Waals surface area (Å²) < 4.78 is 61.9. The van der Waals surface area contributed by atoms with Gasteiger partial charge >= 0.3 is 18.0 Å². The van der Waals surface area contributed by atoms with Crippen molar-refractivity contribution in [3.05, 3.63) is 0 Å². The fourth-order valence-electron chi connectivity index (χ4n) is 16.1. The van der Waals surface area contributed by atoms with Gasteiger partial charge in [-0.3, -0.25) is 52.7 Å². The van der Waals surface area contributed by atoms with E-state index < -0.39 is 141 Å². The molecule has 4 rings (SSSR count). The maximum absolute atomic E-state index is 14.3. The highest BCUT2D eigenvalue weighted by Gasteiger charge is 2.48. The number of aliphatic hydroxyl groups is 9. The Kier molecular flexibility index (Phi) is 62.3. The highest BCUT2D eigenvalue weighted by Crippen LogP contribution is 2.41. The molecule has 16 N–H and O–H groups in total. The second-order valence-electron chi connectivity index (χ2n) is 34.2. The summed E-state index contributed by atoms with van der Waals surface area (Å²) in [6, 6.07) is -3.31. The van der Waals surface area contributed by atoms with E-state index in [-0.39, 0.29) is 150 Å². The standard InChI is InChI=1S/C89H156N8O32S2/c1-60(101)94-76-82(115)79(112)67(56-98)127-85(76)123-45-22-31-70(106)90-41-18-10-6-8-14-35-74(110)121-48-26-38-89(54-65(105)37-52-131-130-51-25-30-64(104)29-16-17-34-73(109)97-55-66(120-5)53-63(97)59-119-4,39-27-49-122-75(111)36-15-9-7-11-19-42-91-71(107)32-23-46-124-86-77(95-61(2)102)83(116)80(113)68(57-99)128-86)40-28-50-126-88(118)93-44-21-13-12-20-43-92-72(108)33-24-47-125-87-78(96-62(3)103)84(117)81(114)69(58-100)129-87/h63,66-69,76-87,98-100,112-117H,6-59H2,1-5H3,(H,90,106)(H,91,107)(H,92,108)(H,93,118)(H,94,101)(H,95,102)(H,96,103)/t63-,66+,67?,68?,69?,76?,77?,78?,79?,80?,81?,82?,83?,84?,85?,86?,87?,89?/m1/s1. The molecule has 4 saturated heterocycles. The average molecular weight is 1910 g/mol. The van der Waals surface area contributed by atoms with Crippen molar-refractivity contribution < 1.29 is 156 Å². The Morgan fingerprint density at radius 2 is 0.756 bits per heavy atom. The molecular weight excluding hydrogens is 1760 g/mol. The van der Waals surface area contributed by atoms with Crippen molar-refractivity contribution in [3.8, 4) is 0 Å². The van der Waals surface area contributed by atoms with Gasteiger partial charge in [0.1, 0.15) is 84.6 Å². The van der Waals surface area contributed by atoms with Crippen molar-refractivity contribution in [1.82, 2.24) is 42.1 Å². The predicted octanol–water partition coefficient (Wildman–Crippen LogP) is 2.84. The maximum atomic E-state index is 14.3. The highest BCUT2D eigenvalue weighted by molar-refractivity contribution is 8.76. The number of rotatable bonds is 74. The first-order chi connectivity index (χ1) is 63.0. The zero-order valence-electron chi connectivity index (χ0n) is 77.7. The van der Waals surface area contributed by atoms with Crippen molar-refractivity contribution in [2.75, 3.05) is 125 Å². The summed E-state index contributed by atoms with van der Waals surface area (Å²) in [7, 11) is 6.39. The third-order valence-corrected chi connectivity index (χ3v) is 25.8. The number of esters is 2. The van der Waals surface area contributed by atoms with E-state index in [1.807, 2.05) is 4.90 Å². The normalized spacial score (nSPS) is 24.1. The Balaban J connectivity index is 1.28. The van der Waals surface area contributed by atoms with E-state index >= 15 is 0 Å². The lowest BCUT2D eigenvalue weighted by atomic mass is 9.71. The molecular formula is C89H156N8O32S2. The van der Waals surface area contributed by atoms with Gasteiger partial charge in [-0.2, -0.15) is 0 Å². The topological polar surface area (TPSA) is 576 Å². The lowest BCUT2D eigenvalue weighted by Gasteiger charge is -2.42. The summed E-state index contributed by atoms with van der Waals surface area (Å²) in [6.07, 6.45) is 2.12. The molecule has 0 saturated carbocycles. The van der Waals surface area contributed by atoms with Crippen LogP contribution < -0.4 is 37.2 Å². The van der Waals surface area contributed by atoms with Crippen LogP contribution in [0.15, 0.2) is 0 Å². The number of carbonyl (C=O) groups is 12. The SMILES string of the molecule is COC[C@H]1C[C@H](OC)CN1C(=O)CCCCC(=O)CCCSSCCC(=O)CC(CCCOC(=O)CCCCCCCNC(=O)CCCOC1OC(CO)C(O)C(O)C1NC(C)=O)(CCCOC(=O)CCCCCCCNC(=O)CCCOC1OC(CO)C(O)C(O)C1NC(C)=O)CCCOC(=O)NCCCCCCNC(=O)CCCOC1OC(CO)C(O)C(O)C1NC(C)=O. The summed E-state index contributed by atoms with van der Waals surface area (Å²) in [6.45, 7) is 4.82. The Morgan fingerprint density at radius 3 is 1.15 bits per heavy atom. The van der Waals surface area contributed by atoms with Crippen LogP contribution >= 0.6 is 21.6 Å². The van der Waals surface area contributed by atoms with E-state index in [1.165, 1.54) is 20.8 Å². The molecule has 0 aromatic carbocycles. The average Bonchev–Trinajstić information content (AvgIpc) is 1.63. The molecule has 0 aromatic heterocycles. The third-order valence-electron chi connectivity index (χ3n) is 23.3. The number of unbranched alkanes of at least 4 members (excludes halogenated alkanes) is 12. The number of ether oxygens (including phenoxy) is 11. The fraction of sp³-hybridized carbons (Fsp3) is 0.865. The molecule has 15 unspecified atom stereocenters. The van der Waals surface area contributed by atoms with Gasteiger partial charge in [0.15, 0.2) is 18.9 Å². The predicted molar refractivity (Wildman–Crippen MR) is 481 cm³/mol. The van der Waals surface area contributed by atoms with Crippen LogP contribution in [0.3, 0.4) is 0 Å². The molecule has 756 valence electrons. The second kappa shape index (κ2) is 69.6. The molecule has 0 radical (unpaired) electrons. The molecule has 0 aromatic rings. The maximum Gasteiger partial charge on any atom is 0.407 e. The van der Waals surface area contributed by atoms with Crippen LogP contribution in [0.4, 0.5) is 4.79 Å². The Morgan fingerprint density at radius 1 is 0.389 bits per heavy atom. The minimum absolute atomic E-state index is 0.00557. The lowest BCUT2D eigenvalue weighted by molar-refractivity contribution is -0.270. The van der Waals surface area contributed by atoms with Crippen molar-refractivity contribution >= 4 is 92.5 Å². The van der Waals surface area contributed by atoms with E-state index in [0.29, 0.717) is 179 Å². The molecule has 8 amide bonds. The van der Waals surface area contributed by atoms with Crippen LogP contribution in [0.1, 0.15) is 258 Å². The smallest absolute Gasteiger partial charge is 0.407 e. The largest absolute Gasteiger partial charge is 0.466 e. The van der Waals surface area contributed by atoms with E-state index in [9.17, 15) is 103 Å². The number of amides is 8. The number of aliphatic hydroxyl groups excluding tert-OH is 9. The number of methoxy groups -OCH3 is 2. The van der Waals surface area contributed by atoms with Gasteiger partial charge in [0.05, 0.1) is 78.2 Å². The Bertz CT molecular complexity index is 3020. The summed E-state index contributed by atoms with van der Waals surface area (Å²) in [4.78, 5) is 155. The quantitative estimate of drug-likeness (QED) is 0.0180. The van der Waals surface area contributed by atoms with E-state index in [2.05, 4.69) is 37.2 Å². The van der Waals surface area contributed by atoms with Gasteiger partial charge in [-0.25, -0.2) is 4.79 Å². The number of likely N-dealkylation sites (tertiary alicyclic amines) is 1. The number of nitrogens with one attached hydrogen (secondary N) is 7. The van der Waals surface area contributed by atoms with E-state index in [4.69, 9.17) is 52.1 Å². The van der Waals surface area contributed by atoms with Crippen LogP contribution in [0.5, 0.6) is 0 Å². The van der Waals surface area contributed by atoms with Gasteiger partial charge < -0.3 is 140 Å². The zero-order chi connectivity index (χ0) is 96.1. The van der Waals surface area contributed by atoms with Crippen LogP contribution in [0.2, 0.25) is 0 Å². The fourth-order valence-corrected chi connectivity index (χ4v) is 18.2. The van der Waals surface area contributed by atoms with Crippen molar-refractivity contribution in [2.45, 2.75) is 362 Å². The second-order valence-corrected chi connectivity index (χ2v) is 36.9. The van der Waals surface area contributed by atoms with Crippen LogP contribution in [0.25, 0.3) is 0 Å². The van der Waals surface area contributed by atoms with Gasteiger partial charge in [0.2, 0.25) is 41.4 Å². The van der Waals surface area contributed by atoms with Crippen LogP contribution in [-0.2, 0) is 105 Å². The number of ketones is 2. The monoisotopic (exact) mass is 1910 g/mol. The minimum Gasteiger partial charge on any atom is -0.466 e. The first kappa shape index (κ1) is 117. The molecule has 40 nitrogen and oxygen atoms in total. The summed E-state index contributed by atoms with van der Waals surface area (Å²) in [5.74, 6) is -1.43. The highest BCUT2D eigenvalue weighted by atomic mass is 33.1. The van der Waals surface area contributed by atoms with E-state index in [1.54, 1.807) is 35.8 Å². The summed E-state index contributed by atoms with van der Waals surface area (Å²) in [5, 5.41) is 110. The molecule has 42 heteroatoms. The number of hydrogen-bond donors (Lipinski definition) is 16. The third kappa shape index (κ3) is 49.5. The van der Waals surface area contributed by atoms with Crippen molar-refractivity contribution in [3.63, 3.8) is 0 Å². The number of Topliss-reactive ketones (excluding diaryl/α,β-unsaturated/α-hetero) is 2. The van der Waals surface area contributed by atoms with Gasteiger partial charge in [0.25, 0.3) is 0 Å². The van der Waals surface area contributed by atoms with Gasteiger partial charge in [-0.05, 0) is 127 Å². The minimum atomic E-state index is -1.46. The lowest BCUT2D eigenvalue weighted by Crippen LogP contribution is -2.64. The van der Waals surface area contributed by atoms with Gasteiger partial charge in [-0.15, -0.1) is 0 Å². The van der Waals surface area contributed by atoms with E-state index in [0.717, 1.165) is 57.8 Å². The molecule has 4 heterocycles. The summed E-state index contributed by atoms with van der Waals surface area (Å²) >= 11 is 0. The first-order valence-corrected chi connectivity index (χ1v) is 49.6. The number of nitrogens with zero attached hydrogens (tertiary/aromatic N) is 1. The molecule has 4 aliphatic rings. The number of hydrogen-bond acceptors (Lipinski definition) is 34. The zero-order valence-corrected chi connectivity index (χ0v) is 79.3. The Hall–Kier alpha value is -6.14. The molecule has 0 bridgehead atoms. The van der Waals surface area contributed by atoms with Gasteiger partial charge in [0, 0.05) is 143 Å². The summed E-state index contributed by atoms with van der Waals surface area (Å²) in [5.41, 5.74) is -0.685. The Labute approximate surface area is 778 Å². The molecule has 0 aliphatic carbocycles.